The van der Waals surface area contributed by atoms with E-state index in [1.165, 1.54) is 6.07 Å². The third-order valence-corrected chi connectivity index (χ3v) is 1.16. The van der Waals surface area contributed by atoms with Crippen molar-refractivity contribution in [2.45, 2.75) is 13.6 Å². The lowest BCUT2D eigenvalue weighted by molar-refractivity contribution is 0.111. The summed E-state index contributed by atoms with van der Waals surface area (Å²) in [4.78, 5) is 17.6. The summed E-state index contributed by atoms with van der Waals surface area (Å²) in [5.74, 6) is 0.0621. The zero-order valence-electron chi connectivity index (χ0n) is 6.04. The minimum atomic E-state index is -0.734. The lowest BCUT2D eigenvalue weighted by Gasteiger charge is -1.96. The highest BCUT2D eigenvalue weighted by atomic mass is 19.1. The molecule has 0 aliphatic heterocycles. The van der Waals surface area contributed by atoms with E-state index in [2.05, 4.69) is 9.97 Å². The predicted octanol–water partition coefficient (Wildman–Crippen LogP) is 1.07. The SMILES string of the molecule is Cc1cc(C=O)nc(CF)n1. The maximum absolute atomic E-state index is 12.0. The lowest BCUT2D eigenvalue weighted by Crippen LogP contribution is -1.98. The molecule has 1 aromatic rings. The van der Waals surface area contributed by atoms with Crippen LogP contribution in [0, 0.1) is 6.92 Å². The van der Waals surface area contributed by atoms with Gasteiger partial charge in [-0.3, -0.25) is 4.79 Å². The number of halogens is 1. The standard InChI is InChI=1S/C7H7FN2O/c1-5-2-6(4-11)10-7(3-8)9-5/h2,4H,3H2,1H3. The Balaban J connectivity index is 3.11. The van der Waals surface area contributed by atoms with Gasteiger partial charge in [-0.1, -0.05) is 0 Å². The van der Waals surface area contributed by atoms with Crippen molar-refractivity contribution in [2.75, 3.05) is 0 Å². The van der Waals surface area contributed by atoms with Crippen molar-refractivity contribution >= 4 is 6.29 Å². The van der Waals surface area contributed by atoms with Crippen molar-refractivity contribution in [2.24, 2.45) is 0 Å². The summed E-state index contributed by atoms with van der Waals surface area (Å²) in [7, 11) is 0. The summed E-state index contributed by atoms with van der Waals surface area (Å²) in [5, 5.41) is 0. The second-order valence-corrected chi connectivity index (χ2v) is 2.10. The number of aromatic nitrogens is 2. The van der Waals surface area contributed by atoms with Gasteiger partial charge in [0.1, 0.15) is 12.4 Å². The number of nitrogens with zero attached hydrogens (tertiary/aromatic N) is 2. The van der Waals surface area contributed by atoms with Crippen LogP contribution in [0.2, 0.25) is 0 Å². The molecule has 1 rings (SSSR count). The van der Waals surface area contributed by atoms with Gasteiger partial charge < -0.3 is 0 Å². The van der Waals surface area contributed by atoms with E-state index in [-0.39, 0.29) is 11.5 Å². The van der Waals surface area contributed by atoms with Crippen LogP contribution in [0.15, 0.2) is 6.07 Å². The minimum Gasteiger partial charge on any atom is -0.296 e. The van der Waals surface area contributed by atoms with Crippen LogP contribution in [-0.2, 0) is 6.67 Å². The van der Waals surface area contributed by atoms with E-state index in [1.807, 2.05) is 0 Å². The van der Waals surface area contributed by atoms with Gasteiger partial charge in [0.2, 0.25) is 0 Å². The third-order valence-electron chi connectivity index (χ3n) is 1.16. The molecule has 0 aliphatic carbocycles. The Kier molecular flexibility index (Phi) is 2.25. The average Bonchev–Trinajstić information content (AvgIpc) is 2.03. The average molecular weight is 154 g/mol. The molecule has 0 N–H and O–H groups in total. The van der Waals surface area contributed by atoms with Crippen molar-refractivity contribution in [3.05, 3.63) is 23.3 Å². The molecule has 0 saturated heterocycles. The molecular formula is C7H7FN2O. The first kappa shape index (κ1) is 7.78. The molecular weight excluding hydrogens is 147 g/mol. The molecule has 0 saturated carbocycles. The largest absolute Gasteiger partial charge is 0.296 e. The van der Waals surface area contributed by atoms with Gasteiger partial charge in [0.25, 0.3) is 0 Å². The van der Waals surface area contributed by atoms with Gasteiger partial charge in [0.05, 0.1) is 0 Å². The Morgan fingerprint density at radius 1 is 1.64 bits per heavy atom. The van der Waals surface area contributed by atoms with E-state index in [0.29, 0.717) is 12.0 Å². The molecule has 11 heavy (non-hydrogen) atoms. The number of alkyl halides is 1. The second kappa shape index (κ2) is 3.18. The fourth-order valence-electron chi connectivity index (χ4n) is 0.776. The van der Waals surface area contributed by atoms with Crippen LogP contribution in [0.3, 0.4) is 0 Å². The monoisotopic (exact) mass is 154 g/mol. The Bertz CT molecular complexity index is 275. The molecule has 0 atom stereocenters. The highest BCUT2D eigenvalue weighted by Crippen LogP contribution is 1.99. The van der Waals surface area contributed by atoms with Crippen molar-refractivity contribution in [3.8, 4) is 0 Å². The highest BCUT2D eigenvalue weighted by molar-refractivity contribution is 5.71. The van der Waals surface area contributed by atoms with E-state index in [9.17, 15) is 9.18 Å². The molecule has 3 nitrogen and oxygen atoms in total. The molecule has 58 valence electrons. The maximum Gasteiger partial charge on any atom is 0.168 e. The van der Waals surface area contributed by atoms with Crippen LogP contribution >= 0.6 is 0 Å². The van der Waals surface area contributed by atoms with Gasteiger partial charge in [-0.05, 0) is 13.0 Å². The summed E-state index contributed by atoms with van der Waals surface area (Å²) in [6.45, 7) is 0.955. The Morgan fingerprint density at radius 3 is 2.91 bits per heavy atom. The number of rotatable bonds is 2. The first-order chi connectivity index (χ1) is 5.26. The molecule has 0 spiro atoms. The second-order valence-electron chi connectivity index (χ2n) is 2.10. The molecule has 0 fully saturated rings. The van der Waals surface area contributed by atoms with Gasteiger partial charge in [-0.2, -0.15) is 0 Å². The Morgan fingerprint density at radius 2 is 2.36 bits per heavy atom. The van der Waals surface area contributed by atoms with E-state index in [1.54, 1.807) is 6.92 Å². The third kappa shape index (κ3) is 1.80. The first-order valence-electron chi connectivity index (χ1n) is 3.12. The minimum absolute atomic E-state index is 0.0621. The Hall–Kier alpha value is -1.32. The molecule has 1 heterocycles. The molecule has 0 radical (unpaired) electrons. The zero-order valence-corrected chi connectivity index (χ0v) is 6.04. The number of aryl methyl sites for hydroxylation is 1. The lowest BCUT2D eigenvalue weighted by atomic mass is 10.3. The molecule has 1 aromatic heterocycles. The van der Waals surface area contributed by atoms with Gasteiger partial charge >= 0.3 is 0 Å². The molecule has 0 aromatic carbocycles. The van der Waals surface area contributed by atoms with Crippen molar-refractivity contribution < 1.29 is 9.18 Å². The first-order valence-corrected chi connectivity index (χ1v) is 3.12. The van der Waals surface area contributed by atoms with Gasteiger partial charge in [-0.15, -0.1) is 0 Å². The van der Waals surface area contributed by atoms with E-state index >= 15 is 0 Å². The summed E-state index contributed by atoms with van der Waals surface area (Å²) in [6, 6.07) is 1.51. The van der Waals surface area contributed by atoms with Crippen LogP contribution in [0.1, 0.15) is 22.0 Å². The molecule has 0 unspecified atom stereocenters. The van der Waals surface area contributed by atoms with Crippen LogP contribution < -0.4 is 0 Å². The quantitative estimate of drug-likeness (QED) is 0.598. The van der Waals surface area contributed by atoms with Gasteiger partial charge in [-0.25, -0.2) is 14.4 Å². The molecule has 0 amide bonds. The fraction of sp³-hybridized carbons (Fsp3) is 0.286. The van der Waals surface area contributed by atoms with Gasteiger partial charge in [0.15, 0.2) is 12.1 Å². The van der Waals surface area contributed by atoms with Gasteiger partial charge in [0, 0.05) is 5.69 Å². The number of hydrogen-bond donors (Lipinski definition) is 0. The summed E-state index contributed by atoms with van der Waals surface area (Å²) >= 11 is 0. The van der Waals surface area contributed by atoms with Crippen molar-refractivity contribution in [3.63, 3.8) is 0 Å². The summed E-state index contributed by atoms with van der Waals surface area (Å²) < 4.78 is 12.0. The van der Waals surface area contributed by atoms with E-state index in [4.69, 9.17) is 0 Å². The van der Waals surface area contributed by atoms with Crippen molar-refractivity contribution in [1.82, 2.24) is 9.97 Å². The number of carbonyl (C=O) groups excluding carboxylic acids is 1. The normalized spacial score (nSPS) is 9.64. The number of hydrogen-bond acceptors (Lipinski definition) is 3. The molecule has 4 heteroatoms. The van der Waals surface area contributed by atoms with Crippen molar-refractivity contribution in [1.29, 1.82) is 0 Å². The summed E-state index contributed by atoms with van der Waals surface area (Å²) in [5.41, 5.74) is 0.833. The highest BCUT2D eigenvalue weighted by Gasteiger charge is 1.99. The number of carbonyl (C=O) groups is 1. The molecule has 0 bridgehead atoms. The van der Waals surface area contributed by atoms with Crippen LogP contribution in [0.25, 0.3) is 0 Å². The zero-order chi connectivity index (χ0) is 8.27. The van der Waals surface area contributed by atoms with Crippen LogP contribution in [-0.4, -0.2) is 16.3 Å². The smallest absolute Gasteiger partial charge is 0.168 e. The van der Waals surface area contributed by atoms with E-state index in [0.717, 1.165) is 0 Å². The molecule has 0 aliphatic rings. The number of aldehydes is 1. The Labute approximate surface area is 63.3 Å². The predicted molar refractivity (Wildman–Crippen MR) is 37.0 cm³/mol. The topological polar surface area (TPSA) is 42.9 Å². The fourth-order valence-corrected chi connectivity index (χ4v) is 0.776. The van der Waals surface area contributed by atoms with Crippen LogP contribution in [0.5, 0.6) is 0 Å². The van der Waals surface area contributed by atoms with E-state index < -0.39 is 6.67 Å². The van der Waals surface area contributed by atoms with Crippen LogP contribution in [0.4, 0.5) is 4.39 Å². The summed E-state index contributed by atoms with van der Waals surface area (Å²) in [6.07, 6.45) is 0.577. The maximum atomic E-state index is 12.0.